The number of hydrogen-bond acceptors (Lipinski definition) is 12. The maximum Gasteiger partial charge on any atom is 0.414 e. The molecule has 0 saturated carbocycles. The maximum absolute atomic E-state index is 12.3. The van der Waals surface area contributed by atoms with Crippen LogP contribution in [-0.4, -0.2) is 111 Å². The highest BCUT2D eigenvalue weighted by molar-refractivity contribution is 7.18. The summed E-state index contributed by atoms with van der Waals surface area (Å²) in [7, 11) is 0. The van der Waals surface area contributed by atoms with Crippen molar-refractivity contribution in [2.24, 2.45) is 10.7 Å². The van der Waals surface area contributed by atoms with E-state index in [0.717, 1.165) is 43.3 Å². The highest BCUT2D eigenvalue weighted by atomic mass is 35.5. The number of carbonyl (C=O) groups excluding carboxylic acids is 4. The number of amidine groups is 1. The molecule has 2 saturated heterocycles. The summed E-state index contributed by atoms with van der Waals surface area (Å²) in [6, 6.07) is 22.1. The Morgan fingerprint density at radius 2 is 1.31 bits per heavy atom. The molecule has 5 N–H and O–H groups in total. The number of thiophene rings is 2. The lowest BCUT2D eigenvalue weighted by molar-refractivity contribution is 0.0915. The van der Waals surface area contributed by atoms with Crippen LogP contribution in [0.5, 0.6) is 0 Å². The number of nitrogens with two attached hydrogens (primary N) is 1. The molecule has 0 aliphatic carbocycles. The van der Waals surface area contributed by atoms with Crippen molar-refractivity contribution in [1.29, 1.82) is 0 Å². The first-order valence-corrected chi connectivity index (χ1v) is 22.0. The Morgan fingerprint density at radius 3 is 1.70 bits per heavy atom. The molecule has 0 unspecified atom stereocenters. The fraction of sp³-hybridized carbons (Fsp3) is 0.381. The first-order chi connectivity index (χ1) is 29.3. The quantitative estimate of drug-likeness (QED) is 0.101. The summed E-state index contributed by atoms with van der Waals surface area (Å²) in [6.45, 7) is 20.0. The van der Waals surface area contributed by atoms with Crippen LogP contribution in [0.1, 0.15) is 52.6 Å². The van der Waals surface area contributed by atoms with E-state index >= 15 is 0 Å². The molecule has 5 heterocycles. The highest BCUT2D eigenvalue weighted by Crippen LogP contribution is 2.27. The number of benzene rings is 2. The zero-order valence-corrected chi connectivity index (χ0v) is 37.4. The van der Waals surface area contributed by atoms with E-state index in [1.807, 2.05) is 24.3 Å². The first kappa shape index (κ1) is 46.8. The Morgan fingerprint density at radius 1 is 0.820 bits per heavy atom. The van der Waals surface area contributed by atoms with E-state index in [-0.39, 0.29) is 24.9 Å². The SMILES string of the molecule is CC(C)N1CCN=C1c1ccc(N2C[C@H](CNC(=O)c3ccc(Cl)s3)OC2=O)cc1.CC(C)NCCN.[C-]#[N+]c1ccc(N2C[C@H](CNC(=O)c3ccc(Cl)s3)OC2=O)cc1. The van der Waals surface area contributed by atoms with Gasteiger partial charge in [0.25, 0.3) is 11.8 Å². The number of ether oxygens (including phenoxy) is 2. The van der Waals surface area contributed by atoms with Gasteiger partial charge in [-0.3, -0.25) is 24.4 Å². The summed E-state index contributed by atoms with van der Waals surface area (Å²) in [5.41, 5.74) is 8.18. The fourth-order valence-electron chi connectivity index (χ4n) is 6.23. The number of halogens is 2. The normalized spacial score (nSPS) is 16.9. The van der Waals surface area contributed by atoms with Gasteiger partial charge in [0.05, 0.1) is 57.7 Å². The third kappa shape index (κ3) is 13.4. The van der Waals surface area contributed by atoms with Gasteiger partial charge in [-0.1, -0.05) is 49.2 Å². The predicted octanol–water partition coefficient (Wildman–Crippen LogP) is 7.28. The van der Waals surface area contributed by atoms with Crippen molar-refractivity contribution in [2.45, 2.75) is 52.0 Å². The van der Waals surface area contributed by atoms with Crippen LogP contribution in [0.2, 0.25) is 8.67 Å². The molecule has 2 aromatic heterocycles. The highest BCUT2D eigenvalue weighted by Gasteiger charge is 2.34. The standard InChI is InChI=1S/C21H23ClN4O3S.C16H12ClN3O3S.C5H14N2/c1-13(2)25-10-9-23-19(25)14-3-5-15(6-4-14)26-12-16(29-21(26)28)11-24-20(27)17-7-8-18(22)30-17;1-18-10-2-4-11(5-3-10)20-9-12(23-16(20)22)8-19-15(21)13-6-7-14(17)24-13;1-5(2)7-4-3-6/h3-8,13,16H,9-12H2,1-2H3,(H,24,27);2-7,12H,8-9H2,(H,19,21);5,7H,3-4,6H2,1-2H3/t16-;12-;/m00./s1. The van der Waals surface area contributed by atoms with Crippen molar-refractivity contribution in [3.63, 3.8) is 0 Å². The van der Waals surface area contributed by atoms with Crippen LogP contribution in [0.4, 0.5) is 26.7 Å². The van der Waals surface area contributed by atoms with E-state index < -0.39 is 24.4 Å². The Bertz CT molecular complexity index is 2190. The topological polar surface area (TPSA) is 175 Å². The monoisotopic (exact) mass is 909 g/mol. The lowest BCUT2D eigenvalue weighted by Gasteiger charge is -2.25. The molecule has 324 valence electrons. The molecule has 3 aliphatic rings. The van der Waals surface area contributed by atoms with E-state index in [1.54, 1.807) is 53.4 Å². The number of amides is 4. The zero-order chi connectivity index (χ0) is 44.1. The molecular formula is C42H49Cl2N9O6S2. The number of anilines is 2. The lowest BCUT2D eigenvalue weighted by atomic mass is 10.1. The van der Waals surface area contributed by atoms with Crippen molar-refractivity contribution in [2.75, 3.05) is 62.2 Å². The van der Waals surface area contributed by atoms with Crippen LogP contribution in [-0.2, 0) is 9.47 Å². The Hall–Kier alpha value is -5.22. The zero-order valence-electron chi connectivity index (χ0n) is 34.2. The van der Waals surface area contributed by atoms with Gasteiger partial charge in [0.1, 0.15) is 18.0 Å². The summed E-state index contributed by atoms with van der Waals surface area (Å²) < 4.78 is 11.8. The van der Waals surface area contributed by atoms with E-state index in [4.69, 9.17) is 45.0 Å². The molecule has 0 radical (unpaired) electrons. The molecule has 7 rings (SSSR count). The summed E-state index contributed by atoms with van der Waals surface area (Å²) in [5, 5.41) is 8.70. The van der Waals surface area contributed by atoms with Gasteiger partial charge < -0.3 is 36.1 Å². The van der Waals surface area contributed by atoms with Gasteiger partial charge in [-0.15, -0.1) is 22.7 Å². The molecule has 2 aromatic carbocycles. The molecule has 4 aromatic rings. The third-order valence-electron chi connectivity index (χ3n) is 9.25. The van der Waals surface area contributed by atoms with Crippen molar-refractivity contribution in [1.82, 2.24) is 20.9 Å². The van der Waals surface area contributed by atoms with Crippen LogP contribution in [0.15, 0.2) is 77.8 Å². The average molecular weight is 911 g/mol. The van der Waals surface area contributed by atoms with Gasteiger partial charge >= 0.3 is 12.2 Å². The smallest absolute Gasteiger partial charge is 0.414 e. The Labute approximate surface area is 373 Å². The van der Waals surface area contributed by atoms with E-state index in [0.29, 0.717) is 55.0 Å². The number of hydrogen-bond donors (Lipinski definition) is 4. The first-order valence-electron chi connectivity index (χ1n) is 19.6. The molecule has 0 bridgehead atoms. The Balaban J connectivity index is 0.000000203. The second-order valence-corrected chi connectivity index (χ2v) is 17.9. The number of cyclic esters (lactones) is 2. The number of rotatable bonds is 13. The van der Waals surface area contributed by atoms with Crippen molar-refractivity contribution < 1.29 is 28.7 Å². The van der Waals surface area contributed by atoms with E-state index in [2.05, 4.69) is 58.4 Å². The van der Waals surface area contributed by atoms with Crippen LogP contribution in [0.25, 0.3) is 4.85 Å². The second kappa shape index (κ2) is 22.6. The second-order valence-electron chi connectivity index (χ2n) is 14.4. The van der Waals surface area contributed by atoms with Gasteiger partial charge in [0.15, 0.2) is 5.69 Å². The van der Waals surface area contributed by atoms with Crippen molar-refractivity contribution in [3.8, 4) is 0 Å². The lowest BCUT2D eigenvalue weighted by Crippen LogP contribution is -2.35. The van der Waals surface area contributed by atoms with Gasteiger partial charge in [-0.25, -0.2) is 14.4 Å². The summed E-state index contributed by atoms with van der Waals surface area (Å²) >= 11 is 14.1. The number of nitrogens with zero attached hydrogens (tertiary/aromatic N) is 5. The third-order valence-corrected chi connectivity index (χ3v) is 11.7. The molecular weight excluding hydrogens is 862 g/mol. The minimum absolute atomic E-state index is 0.219. The molecule has 19 heteroatoms. The van der Waals surface area contributed by atoms with E-state index in [9.17, 15) is 19.2 Å². The van der Waals surface area contributed by atoms with Gasteiger partial charge in [-0.05, 0) is 74.5 Å². The molecule has 4 amide bonds. The average Bonchev–Trinajstić information content (AvgIpc) is 4.11. The molecule has 0 spiro atoms. The number of carbonyl (C=O) groups is 4. The van der Waals surface area contributed by atoms with Gasteiger partial charge in [0, 0.05) is 48.7 Å². The van der Waals surface area contributed by atoms with E-state index in [1.165, 1.54) is 27.6 Å². The molecule has 2 atom stereocenters. The Kier molecular flexibility index (Phi) is 17.3. The van der Waals surface area contributed by atoms with Crippen molar-refractivity contribution in [3.05, 3.63) is 108 Å². The largest absolute Gasteiger partial charge is 0.442 e. The minimum Gasteiger partial charge on any atom is -0.442 e. The van der Waals surface area contributed by atoms with Gasteiger partial charge in [0.2, 0.25) is 0 Å². The predicted molar refractivity (Wildman–Crippen MR) is 243 cm³/mol. The molecule has 61 heavy (non-hydrogen) atoms. The van der Waals surface area contributed by atoms with Crippen LogP contribution >= 0.6 is 45.9 Å². The summed E-state index contributed by atoms with van der Waals surface area (Å²) in [6.07, 6.45) is -1.73. The summed E-state index contributed by atoms with van der Waals surface area (Å²) in [5.74, 6) is 0.524. The number of nitrogens with one attached hydrogen (secondary N) is 3. The van der Waals surface area contributed by atoms with Crippen LogP contribution in [0, 0.1) is 6.57 Å². The summed E-state index contributed by atoms with van der Waals surface area (Å²) in [4.78, 5) is 62.7. The van der Waals surface area contributed by atoms with Crippen LogP contribution in [0.3, 0.4) is 0 Å². The molecule has 15 nitrogen and oxygen atoms in total. The number of aliphatic imine (C=N–C) groups is 1. The maximum atomic E-state index is 12.3. The fourth-order valence-corrected chi connectivity index (χ4v) is 8.15. The molecule has 2 fully saturated rings. The molecule has 3 aliphatic heterocycles. The van der Waals surface area contributed by atoms with Crippen LogP contribution < -0.4 is 31.5 Å². The van der Waals surface area contributed by atoms with Gasteiger partial charge in [-0.2, -0.15) is 0 Å². The van der Waals surface area contributed by atoms with Crippen molar-refractivity contribution >= 4 is 92.8 Å². The minimum atomic E-state index is -0.469.